The number of halogens is 1. The maximum Gasteiger partial charge on any atom is 0.127 e. The molecule has 0 unspecified atom stereocenters. The Morgan fingerprint density at radius 2 is 1.82 bits per heavy atom. The van der Waals surface area contributed by atoms with Crippen LogP contribution < -0.4 is 0 Å². The first-order valence-electron chi connectivity index (χ1n) is 6.40. The highest BCUT2D eigenvalue weighted by atomic mass is 19.1. The van der Waals surface area contributed by atoms with Crippen LogP contribution in [0.3, 0.4) is 0 Å². The van der Waals surface area contributed by atoms with Crippen molar-refractivity contribution >= 4 is 0 Å². The Morgan fingerprint density at radius 3 is 2.47 bits per heavy atom. The van der Waals surface area contributed by atoms with Crippen LogP contribution in [0.25, 0.3) is 0 Å². The van der Waals surface area contributed by atoms with Crippen molar-refractivity contribution in [2.45, 2.75) is 38.8 Å². The molecule has 1 aliphatic rings. The van der Waals surface area contributed by atoms with Crippen molar-refractivity contribution in [3.05, 3.63) is 35.1 Å². The lowest BCUT2D eigenvalue weighted by molar-refractivity contribution is 0.270. The first kappa shape index (κ1) is 12.5. The average Bonchev–Trinajstić information content (AvgIpc) is 2.60. The van der Waals surface area contributed by atoms with Gasteiger partial charge in [0.25, 0.3) is 0 Å². The molecule has 1 N–H and O–H groups in total. The molecule has 2 rings (SSSR count). The van der Waals surface area contributed by atoms with Gasteiger partial charge in [0.1, 0.15) is 5.82 Å². The van der Waals surface area contributed by atoms with Crippen molar-refractivity contribution in [1.29, 1.82) is 0 Å². The maximum absolute atomic E-state index is 13.7. The molecule has 0 atom stereocenters. The SMILES string of the molecule is OCc1ccc(F)c(CN2CCCCCC2)c1. The van der Waals surface area contributed by atoms with Gasteiger partial charge in [0, 0.05) is 12.1 Å². The monoisotopic (exact) mass is 237 g/mol. The van der Waals surface area contributed by atoms with Crippen LogP contribution in [0.1, 0.15) is 36.8 Å². The van der Waals surface area contributed by atoms with Gasteiger partial charge < -0.3 is 5.11 Å². The van der Waals surface area contributed by atoms with E-state index in [1.165, 1.54) is 31.7 Å². The van der Waals surface area contributed by atoms with E-state index in [-0.39, 0.29) is 12.4 Å². The van der Waals surface area contributed by atoms with E-state index in [0.29, 0.717) is 12.1 Å². The minimum absolute atomic E-state index is 0.0206. The average molecular weight is 237 g/mol. The molecule has 0 amide bonds. The zero-order chi connectivity index (χ0) is 12.1. The first-order chi connectivity index (χ1) is 8.29. The third-order valence-corrected chi connectivity index (χ3v) is 3.39. The van der Waals surface area contributed by atoms with Gasteiger partial charge in [-0.25, -0.2) is 4.39 Å². The molecule has 94 valence electrons. The summed E-state index contributed by atoms with van der Waals surface area (Å²) < 4.78 is 13.7. The molecule has 1 heterocycles. The van der Waals surface area contributed by atoms with E-state index in [1.54, 1.807) is 12.1 Å². The first-order valence-corrected chi connectivity index (χ1v) is 6.40. The lowest BCUT2D eigenvalue weighted by Crippen LogP contribution is -2.24. The highest BCUT2D eigenvalue weighted by Gasteiger charge is 2.12. The van der Waals surface area contributed by atoms with Crippen LogP contribution in [0.4, 0.5) is 4.39 Å². The molecule has 1 aromatic carbocycles. The predicted octanol–water partition coefficient (Wildman–Crippen LogP) is 2.69. The van der Waals surface area contributed by atoms with E-state index in [2.05, 4.69) is 4.90 Å². The van der Waals surface area contributed by atoms with Crippen LogP contribution in [0.5, 0.6) is 0 Å². The molecule has 3 heteroatoms. The normalized spacial score (nSPS) is 18.0. The van der Waals surface area contributed by atoms with Crippen molar-refractivity contribution in [3.63, 3.8) is 0 Å². The van der Waals surface area contributed by atoms with Crippen molar-refractivity contribution in [1.82, 2.24) is 4.90 Å². The van der Waals surface area contributed by atoms with E-state index in [4.69, 9.17) is 5.11 Å². The van der Waals surface area contributed by atoms with Gasteiger partial charge in [-0.05, 0) is 43.6 Å². The molecule has 0 bridgehead atoms. The van der Waals surface area contributed by atoms with Gasteiger partial charge in [0.15, 0.2) is 0 Å². The van der Waals surface area contributed by atoms with Crippen molar-refractivity contribution in [2.24, 2.45) is 0 Å². The number of benzene rings is 1. The second kappa shape index (κ2) is 6.12. The lowest BCUT2D eigenvalue weighted by atomic mass is 10.1. The molecule has 1 saturated heterocycles. The maximum atomic E-state index is 13.7. The van der Waals surface area contributed by atoms with Crippen molar-refractivity contribution in [3.8, 4) is 0 Å². The topological polar surface area (TPSA) is 23.5 Å². The summed E-state index contributed by atoms with van der Waals surface area (Å²) in [4.78, 5) is 2.31. The fraction of sp³-hybridized carbons (Fsp3) is 0.571. The molecule has 0 saturated carbocycles. The van der Waals surface area contributed by atoms with Gasteiger partial charge in [0.05, 0.1) is 6.61 Å². The van der Waals surface area contributed by atoms with E-state index in [0.717, 1.165) is 18.7 Å². The third-order valence-electron chi connectivity index (χ3n) is 3.39. The third kappa shape index (κ3) is 3.51. The Kier molecular flexibility index (Phi) is 4.51. The molecule has 0 aromatic heterocycles. The number of hydrogen-bond donors (Lipinski definition) is 1. The van der Waals surface area contributed by atoms with E-state index >= 15 is 0 Å². The van der Waals surface area contributed by atoms with Crippen LogP contribution in [0.15, 0.2) is 18.2 Å². The molecule has 1 aromatic rings. The van der Waals surface area contributed by atoms with Crippen molar-refractivity contribution < 1.29 is 9.50 Å². The van der Waals surface area contributed by atoms with Gasteiger partial charge in [-0.2, -0.15) is 0 Å². The highest BCUT2D eigenvalue weighted by Crippen LogP contribution is 2.16. The smallest absolute Gasteiger partial charge is 0.127 e. The quantitative estimate of drug-likeness (QED) is 0.873. The fourth-order valence-corrected chi connectivity index (χ4v) is 2.38. The second-order valence-electron chi connectivity index (χ2n) is 4.77. The number of hydrogen-bond acceptors (Lipinski definition) is 2. The summed E-state index contributed by atoms with van der Waals surface area (Å²) >= 11 is 0. The van der Waals surface area contributed by atoms with Crippen LogP contribution in [0.2, 0.25) is 0 Å². The Morgan fingerprint density at radius 1 is 1.12 bits per heavy atom. The summed E-state index contributed by atoms with van der Waals surface area (Å²) in [6, 6.07) is 4.88. The van der Waals surface area contributed by atoms with E-state index in [1.807, 2.05) is 0 Å². The molecular weight excluding hydrogens is 217 g/mol. The van der Waals surface area contributed by atoms with Crippen molar-refractivity contribution in [2.75, 3.05) is 13.1 Å². The zero-order valence-electron chi connectivity index (χ0n) is 10.2. The molecule has 0 radical (unpaired) electrons. The summed E-state index contributed by atoms with van der Waals surface area (Å²) in [7, 11) is 0. The Balaban J connectivity index is 2.05. The zero-order valence-corrected chi connectivity index (χ0v) is 10.2. The largest absolute Gasteiger partial charge is 0.392 e. The van der Waals surface area contributed by atoms with Gasteiger partial charge in [0.2, 0.25) is 0 Å². The van der Waals surface area contributed by atoms with E-state index in [9.17, 15) is 4.39 Å². The van der Waals surface area contributed by atoms with Crippen LogP contribution in [-0.4, -0.2) is 23.1 Å². The number of nitrogens with zero attached hydrogens (tertiary/aromatic N) is 1. The standard InChI is InChI=1S/C14H20FNO/c15-14-6-5-12(11-17)9-13(14)10-16-7-3-1-2-4-8-16/h5-6,9,17H,1-4,7-8,10-11H2. The summed E-state index contributed by atoms with van der Waals surface area (Å²) in [5.41, 5.74) is 1.50. The minimum atomic E-state index is -0.161. The molecule has 0 spiro atoms. The number of likely N-dealkylation sites (tertiary alicyclic amines) is 1. The Hall–Kier alpha value is -0.930. The molecule has 1 aliphatic heterocycles. The van der Waals surface area contributed by atoms with Crippen LogP contribution in [-0.2, 0) is 13.2 Å². The van der Waals surface area contributed by atoms with Gasteiger partial charge in [-0.15, -0.1) is 0 Å². The van der Waals surface area contributed by atoms with E-state index < -0.39 is 0 Å². The van der Waals surface area contributed by atoms with Gasteiger partial charge in [-0.1, -0.05) is 18.9 Å². The molecule has 0 aliphatic carbocycles. The summed E-state index contributed by atoms with van der Waals surface area (Å²) in [5.74, 6) is -0.161. The second-order valence-corrected chi connectivity index (χ2v) is 4.77. The Labute approximate surface area is 102 Å². The Bertz CT molecular complexity index is 359. The summed E-state index contributed by atoms with van der Waals surface area (Å²) in [5, 5.41) is 9.07. The molecule has 17 heavy (non-hydrogen) atoms. The summed E-state index contributed by atoms with van der Waals surface area (Å²) in [6.45, 7) is 2.76. The van der Waals surface area contributed by atoms with Gasteiger partial charge in [-0.3, -0.25) is 4.90 Å². The fourth-order valence-electron chi connectivity index (χ4n) is 2.38. The molecule has 1 fully saturated rings. The number of rotatable bonds is 3. The predicted molar refractivity (Wildman–Crippen MR) is 66.1 cm³/mol. The van der Waals surface area contributed by atoms with Crippen LogP contribution >= 0.6 is 0 Å². The lowest BCUT2D eigenvalue weighted by Gasteiger charge is -2.20. The van der Waals surface area contributed by atoms with Crippen LogP contribution in [0, 0.1) is 5.82 Å². The number of aliphatic hydroxyl groups is 1. The minimum Gasteiger partial charge on any atom is -0.392 e. The van der Waals surface area contributed by atoms with Gasteiger partial charge >= 0.3 is 0 Å². The highest BCUT2D eigenvalue weighted by molar-refractivity contribution is 5.24. The number of aliphatic hydroxyl groups excluding tert-OH is 1. The summed E-state index contributed by atoms with van der Waals surface area (Å²) in [6.07, 6.45) is 4.99. The molecular formula is C14H20FNO. The molecule has 2 nitrogen and oxygen atoms in total.